The number of carbonyl (C=O) groups excluding carboxylic acids is 1. The molecule has 0 bridgehead atoms. The molecule has 0 saturated heterocycles. The number of halogens is 2. The van der Waals surface area contributed by atoms with E-state index >= 15 is 0 Å². The van der Waals surface area contributed by atoms with E-state index in [0.717, 1.165) is 6.29 Å². The molecule has 0 heterocycles. The Kier molecular flexibility index (Phi) is 1.77. The van der Waals surface area contributed by atoms with Crippen LogP contribution >= 0.6 is 0 Å². The van der Waals surface area contributed by atoms with E-state index in [1.54, 1.807) is 13.8 Å². The van der Waals surface area contributed by atoms with Gasteiger partial charge in [-0.3, -0.25) is 0 Å². The molecule has 0 radical (unpaired) electrons. The summed E-state index contributed by atoms with van der Waals surface area (Å²) in [5.41, 5.74) is -0.568. The van der Waals surface area contributed by atoms with Gasteiger partial charge in [0.1, 0.15) is 6.29 Å². The number of hydrogen-bond donors (Lipinski definition) is 0. The molecule has 1 saturated carbocycles. The number of aldehydes is 1. The summed E-state index contributed by atoms with van der Waals surface area (Å²) in [6.45, 7) is 3.42. The zero-order valence-electron chi connectivity index (χ0n) is 6.73. The van der Waals surface area contributed by atoms with Crippen LogP contribution in [0.1, 0.15) is 26.7 Å². The van der Waals surface area contributed by atoms with Gasteiger partial charge in [-0.05, 0) is 5.92 Å². The normalized spacial score (nSPS) is 24.4. The van der Waals surface area contributed by atoms with Gasteiger partial charge in [0, 0.05) is 18.3 Å². The molecule has 0 aromatic rings. The van der Waals surface area contributed by atoms with E-state index in [2.05, 4.69) is 0 Å². The topological polar surface area (TPSA) is 17.1 Å². The standard InChI is InChI=1S/C8H12F2O/c1-7(2,5-11)6-3-8(9,10)4-6/h5-6H,3-4H2,1-2H3. The first-order valence-electron chi connectivity index (χ1n) is 3.71. The fourth-order valence-corrected chi connectivity index (χ4v) is 1.28. The van der Waals surface area contributed by atoms with Crippen LogP contribution in [0.2, 0.25) is 0 Å². The fraction of sp³-hybridized carbons (Fsp3) is 0.875. The zero-order chi connectivity index (χ0) is 8.70. The van der Waals surface area contributed by atoms with Gasteiger partial charge in [0.2, 0.25) is 5.92 Å². The second-order valence-electron chi connectivity index (χ2n) is 3.90. The fourth-order valence-electron chi connectivity index (χ4n) is 1.28. The Morgan fingerprint density at radius 1 is 1.45 bits per heavy atom. The van der Waals surface area contributed by atoms with Crippen molar-refractivity contribution >= 4 is 6.29 Å². The van der Waals surface area contributed by atoms with Crippen molar-refractivity contribution in [2.45, 2.75) is 32.6 Å². The van der Waals surface area contributed by atoms with Crippen molar-refractivity contribution in [2.24, 2.45) is 11.3 Å². The van der Waals surface area contributed by atoms with Gasteiger partial charge in [-0.1, -0.05) is 13.8 Å². The largest absolute Gasteiger partial charge is 0.303 e. The lowest BCUT2D eigenvalue weighted by Crippen LogP contribution is -2.44. The summed E-state index contributed by atoms with van der Waals surface area (Å²) in [6, 6.07) is 0. The summed E-state index contributed by atoms with van der Waals surface area (Å²) in [6.07, 6.45) is 0.518. The molecule has 1 nitrogen and oxygen atoms in total. The van der Waals surface area contributed by atoms with Crippen molar-refractivity contribution < 1.29 is 13.6 Å². The van der Waals surface area contributed by atoms with Gasteiger partial charge in [-0.15, -0.1) is 0 Å². The molecule has 0 spiro atoms. The van der Waals surface area contributed by atoms with Gasteiger partial charge in [0.15, 0.2) is 0 Å². The number of carbonyl (C=O) groups is 1. The predicted molar refractivity (Wildman–Crippen MR) is 37.5 cm³/mol. The maximum Gasteiger partial charge on any atom is 0.248 e. The van der Waals surface area contributed by atoms with E-state index in [1.807, 2.05) is 0 Å². The van der Waals surface area contributed by atoms with Crippen LogP contribution in [0.5, 0.6) is 0 Å². The molecule has 0 aromatic carbocycles. The number of hydrogen-bond acceptors (Lipinski definition) is 1. The van der Waals surface area contributed by atoms with Crippen LogP contribution in [0.3, 0.4) is 0 Å². The summed E-state index contributed by atoms with van der Waals surface area (Å²) in [4.78, 5) is 10.4. The van der Waals surface area contributed by atoms with Gasteiger partial charge < -0.3 is 4.79 Å². The Hall–Kier alpha value is -0.470. The minimum Gasteiger partial charge on any atom is -0.303 e. The van der Waals surface area contributed by atoms with E-state index in [0.29, 0.717) is 0 Å². The molecule has 1 aliphatic rings. The molecule has 0 amide bonds. The van der Waals surface area contributed by atoms with Crippen LogP contribution in [0.25, 0.3) is 0 Å². The third-order valence-corrected chi connectivity index (χ3v) is 2.45. The summed E-state index contributed by atoms with van der Waals surface area (Å²) < 4.78 is 24.7. The Balaban J connectivity index is 2.49. The minimum atomic E-state index is -2.51. The van der Waals surface area contributed by atoms with Crippen molar-refractivity contribution in [2.75, 3.05) is 0 Å². The third-order valence-electron chi connectivity index (χ3n) is 2.45. The zero-order valence-corrected chi connectivity index (χ0v) is 6.73. The Labute approximate surface area is 64.8 Å². The Morgan fingerprint density at radius 3 is 2.18 bits per heavy atom. The van der Waals surface area contributed by atoms with E-state index in [9.17, 15) is 13.6 Å². The smallest absolute Gasteiger partial charge is 0.248 e. The van der Waals surface area contributed by atoms with Crippen molar-refractivity contribution in [3.8, 4) is 0 Å². The van der Waals surface area contributed by atoms with Gasteiger partial charge in [0.25, 0.3) is 0 Å². The average molecular weight is 162 g/mol. The molecule has 0 unspecified atom stereocenters. The minimum absolute atomic E-state index is 0.126. The first-order chi connectivity index (χ1) is 4.87. The van der Waals surface area contributed by atoms with E-state index in [-0.39, 0.29) is 18.8 Å². The lowest BCUT2D eigenvalue weighted by atomic mass is 9.66. The van der Waals surface area contributed by atoms with E-state index in [1.165, 1.54) is 0 Å². The summed E-state index contributed by atoms with van der Waals surface area (Å²) in [5.74, 6) is -2.64. The highest BCUT2D eigenvalue weighted by atomic mass is 19.3. The van der Waals surface area contributed by atoms with Gasteiger partial charge in [-0.2, -0.15) is 0 Å². The van der Waals surface area contributed by atoms with Crippen LogP contribution in [-0.2, 0) is 4.79 Å². The first kappa shape index (κ1) is 8.62. The molecular formula is C8H12F2O. The lowest BCUT2D eigenvalue weighted by molar-refractivity contribution is -0.149. The van der Waals surface area contributed by atoms with Gasteiger partial charge >= 0.3 is 0 Å². The first-order valence-corrected chi connectivity index (χ1v) is 3.71. The quantitative estimate of drug-likeness (QED) is 0.569. The highest BCUT2D eigenvalue weighted by molar-refractivity contribution is 5.58. The molecular weight excluding hydrogens is 150 g/mol. The predicted octanol–water partition coefficient (Wildman–Crippen LogP) is 2.26. The van der Waals surface area contributed by atoms with Crippen LogP contribution in [-0.4, -0.2) is 12.2 Å². The lowest BCUT2D eigenvalue weighted by Gasteiger charge is -2.42. The molecule has 0 aromatic heterocycles. The molecule has 0 aliphatic heterocycles. The van der Waals surface area contributed by atoms with Crippen LogP contribution in [0.4, 0.5) is 8.78 Å². The van der Waals surface area contributed by atoms with Gasteiger partial charge in [-0.25, -0.2) is 8.78 Å². The summed E-state index contributed by atoms with van der Waals surface area (Å²) >= 11 is 0. The van der Waals surface area contributed by atoms with Crippen molar-refractivity contribution in [3.05, 3.63) is 0 Å². The highest BCUT2D eigenvalue weighted by Crippen LogP contribution is 2.49. The summed E-state index contributed by atoms with van der Waals surface area (Å²) in [7, 11) is 0. The van der Waals surface area contributed by atoms with Crippen molar-refractivity contribution in [3.63, 3.8) is 0 Å². The van der Waals surface area contributed by atoms with Gasteiger partial charge in [0.05, 0.1) is 0 Å². The molecule has 3 heteroatoms. The van der Waals surface area contributed by atoms with Crippen LogP contribution in [0, 0.1) is 11.3 Å². The number of rotatable bonds is 2. The molecule has 0 atom stereocenters. The Bertz CT molecular complexity index is 167. The summed E-state index contributed by atoms with van der Waals surface area (Å²) in [5, 5.41) is 0. The van der Waals surface area contributed by atoms with Crippen molar-refractivity contribution in [1.82, 2.24) is 0 Å². The van der Waals surface area contributed by atoms with E-state index < -0.39 is 11.3 Å². The van der Waals surface area contributed by atoms with Crippen molar-refractivity contribution in [1.29, 1.82) is 0 Å². The van der Waals surface area contributed by atoms with E-state index in [4.69, 9.17) is 0 Å². The monoisotopic (exact) mass is 162 g/mol. The maximum absolute atomic E-state index is 12.3. The molecule has 64 valence electrons. The highest BCUT2D eigenvalue weighted by Gasteiger charge is 2.51. The van der Waals surface area contributed by atoms with Crippen LogP contribution < -0.4 is 0 Å². The molecule has 1 fully saturated rings. The molecule has 0 N–H and O–H groups in total. The SMILES string of the molecule is CC(C)(C=O)C1CC(F)(F)C1. The number of alkyl halides is 2. The average Bonchev–Trinajstić information content (AvgIpc) is 1.83. The second kappa shape index (κ2) is 2.26. The molecule has 1 rings (SSSR count). The Morgan fingerprint density at radius 2 is 1.91 bits per heavy atom. The van der Waals surface area contributed by atoms with Crippen LogP contribution in [0.15, 0.2) is 0 Å². The maximum atomic E-state index is 12.3. The second-order valence-corrected chi connectivity index (χ2v) is 3.90. The molecule has 1 aliphatic carbocycles. The molecule has 11 heavy (non-hydrogen) atoms. The third kappa shape index (κ3) is 1.57.